The molecule has 0 spiro atoms. The molecular weight excluding hydrogens is 672 g/mol. The molecule has 0 saturated carbocycles. The van der Waals surface area contributed by atoms with E-state index in [1.54, 1.807) is 6.07 Å². The normalized spacial score (nSPS) is 21.4. The Bertz CT molecular complexity index is 1960. The van der Waals surface area contributed by atoms with E-state index in [-0.39, 0.29) is 34.0 Å². The van der Waals surface area contributed by atoms with Crippen molar-refractivity contribution in [1.82, 2.24) is 24.3 Å². The number of nitrogens with one attached hydrogen (secondary N) is 1. The third-order valence-electron chi connectivity index (χ3n) is 10.4. The molecule has 3 atom stereocenters. The van der Waals surface area contributed by atoms with Crippen LogP contribution in [-0.4, -0.2) is 88.7 Å². The fourth-order valence-corrected chi connectivity index (χ4v) is 11.0. The van der Waals surface area contributed by atoms with Gasteiger partial charge in [-0.1, -0.05) is 19.9 Å². The summed E-state index contributed by atoms with van der Waals surface area (Å²) in [6, 6.07) is 10.5. The summed E-state index contributed by atoms with van der Waals surface area (Å²) < 4.78 is 65.8. The summed E-state index contributed by atoms with van der Waals surface area (Å²) in [5.41, 5.74) is 4.03. The van der Waals surface area contributed by atoms with Crippen LogP contribution in [0.5, 0.6) is 0 Å². The van der Waals surface area contributed by atoms with E-state index >= 15 is 0 Å². The molecule has 0 amide bonds. The number of thiophene rings is 1. The molecule has 14 heteroatoms. The average Bonchev–Trinajstić information content (AvgIpc) is 3.58. The molecule has 5 heterocycles. The van der Waals surface area contributed by atoms with Gasteiger partial charge in [-0.15, -0.1) is 11.3 Å². The van der Waals surface area contributed by atoms with Crippen LogP contribution in [0.4, 0.5) is 19.0 Å². The number of anilines is 1. The summed E-state index contributed by atoms with van der Waals surface area (Å²) in [5.74, 6) is 0.657. The molecule has 3 aromatic heterocycles. The van der Waals surface area contributed by atoms with Gasteiger partial charge in [0.05, 0.1) is 17.1 Å². The minimum absolute atomic E-state index is 0.0350. The van der Waals surface area contributed by atoms with Crippen molar-refractivity contribution >= 4 is 48.1 Å². The number of hydrogen-bond acceptors (Lipinski definition) is 9. The highest BCUT2D eigenvalue weighted by atomic mass is 32.2. The number of rotatable bonds is 9. The molecule has 49 heavy (non-hydrogen) atoms. The highest BCUT2D eigenvalue weighted by molar-refractivity contribution is 7.91. The Labute approximate surface area is 290 Å². The molecule has 0 aliphatic carbocycles. The molecule has 1 N–H and O–H groups in total. The highest BCUT2D eigenvalue weighted by Gasteiger charge is 2.39. The number of halogens is 3. The van der Waals surface area contributed by atoms with E-state index < -0.39 is 22.4 Å². The predicted molar refractivity (Wildman–Crippen MR) is 188 cm³/mol. The van der Waals surface area contributed by atoms with Crippen molar-refractivity contribution in [3.63, 3.8) is 0 Å². The Morgan fingerprint density at radius 2 is 1.80 bits per heavy atom. The fourth-order valence-electron chi connectivity index (χ4n) is 8.12. The number of benzene rings is 1. The number of likely N-dealkylation sites (tertiary alicyclic amines) is 2. The maximum absolute atomic E-state index is 13.0. The Hall–Kier alpha value is -3.25. The largest absolute Gasteiger partial charge is 0.393 e. The first-order valence-corrected chi connectivity index (χ1v) is 19.6. The van der Waals surface area contributed by atoms with Crippen molar-refractivity contribution in [1.29, 1.82) is 5.26 Å². The monoisotopic (exact) mass is 715 g/mol. The van der Waals surface area contributed by atoms with Crippen LogP contribution in [0.15, 0.2) is 30.6 Å². The molecule has 1 aromatic carbocycles. The third kappa shape index (κ3) is 7.75. The molecule has 6 rings (SSSR count). The van der Waals surface area contributed by atoms with Gasteiger partial charge >= 0.3 is 6.18 Å². The summed E-state index contributed by atoms with van der Waals surface area (Å²) in [4.78, 5) is 14.1. The van der Waals surface area contributed by atoms with Crippen molar-refractivity contribution in [3.8, 4) is 6.07 Å². The van der Waals surface area contributed by atoms with Gasteiger partial charge in [0.1, 0.15) is 28.7 Å². The van der Waals surface area contributed by atoms with E-state index in [0.29, 0.717) is 41.4 Å². The van der Waals surface area contributed by atoms with Crippen LogP contribution in [0.1, 0.15) is 55.3 Å². The van der Waals surface area contributed by atoms with E-state index in [4.69, 9.17) is 0 Å². The molecule has 0 unspecified atom stereocenters. The number of sulfone groups is 1. The predicted octanol–water partition coefficient (Wildman–Crippen LogP) is 6.40. The number of aromatic nitrogens is 3. The Kier molecular flexibility index (Phi) is 10.0. The van der Waals surface area contributed by atoms with E-state index in [2.05, 4.69) is 61.7 Å². The average molecular weight is 716 g/mol. The van der Waals surface area contributed by atoms with Crippen molar-refractivity contribution < 1.29 is 21.6 Å². The summed E-state index contributed by atoms with van der Waals surface area (Å²) in [6.45, 7) is 12.9. The number of aryl methyl sites for hydroxylation is 1. The minimum atomic E-state index is -4.27. The highest BCUT2D eigenvalue weighted by Crippen LogP contribution is 2.34. The zero-order valence-electron chi connectivity index (χ0n) is 28.6. The second-order valence-electron chi connectivity index (χ2n) is 14.2. The zero-order chi connectivity index (χ0) is 35.2. The molecule has 0 radical (unpaired) electrons. The van der Waals surface area contributed by atoms with Gasteiger partial charge in [-0.25, -0.2) is 18.4 Å². The fraction of sp³-hybridized carbons (Fsp3) is 0.571. The Balaban J connectivity index is 1.10. The number of hydrogen-bond donors (Lipinski definition) is 1. The summed E-state index contributed by atoms with van der Waals surface area (Å²) in [7, 11) is -3.12. The number of alkyl halides is 3. The van der Waals surface area contributed by atoms with Crippen molar-refractivity contribution in [2.45, 2.75) is 83.6 Å². The summed E-state index contributed by atoms with van der Waals surface area (Å²) >= 11 is 1.06. The van der Waals surface area contributed by atoms with E-state index in [1.165, 1.54) is 18.1 Å². The van der Waals surface area contributed by atoms with Crippen LogP contribution in [0.2, 0.25) is 0 Å². The van der Waals surface area contributed by atoms with E-state index in [1.807, 2.05) is 19.9 Å². The van der Waals surface area contributed by atoms with Gasteiger partial charge in [0.15, 0.2) is 9.84 Å². The van der Waals surface area contributed by atoms with Crippen LogP contribution >= 0.6 is 11.3 Å². The van der Waals surface area contributed by atoms with Gasteiger partial charge in [-0.05, 0) is 67.9 Å². The van der Waals surface area contributed by atoms with Crippen molar-refractivity contribution in [2.75, 3.05) is 37.8 Å². The van der Waals surface area contributed by atoms with Gasteiger partial charge in [-0.2, -0.15) is 18.4 Å². The SMILES string of the molecule is Cc1c(CN2CCC(Nc3ncnc4sc(CC(F)(F)F)cc34)CC2)ccc2c1cc(C#N)n2C[C@H](C)N1C[C@@H](C)C(S(C)(=O)=O)[C@H](C)C1. The minimum Gasteiger partial charge on any atom is -0.367 e. The van der Waals surface area contributed by atoms with Gasteiger partial charge in [0, 0.05) is 73.4 Å². The first kappa shape index (κ1) is 35.6. The number of nitriles is 1. The van der Waals surface area contributed by atoms with Crippen LogP contribution < -0.4 is 5.32 Å². The number of piperidine rings is 2. The molecule has 2 aliphatic rings. The van der Waals surface area contributed by atoms with Gasteiger partial charge in [0.2, 0.25) is 0 Å². The number of fused-ring (bicyclic) bond motifs is 2. The van der Waals surface area contributed by atoms with Crippen molar-refractivity contribution in [2.24, 2.45) is 11.8 Å². The third-order valence-corrected chi connectivity index (χ3v) is 13.4. The van der Waals surface area contributed by atoms with E-state index in [9.17, 15) is 26.9 Å². The van der Waals surface area contributed by atoms with Crippen LogP contribution in [0.3, 0.4) is 0 Å². The van der Waals surface area contributed by atoms with Gasteiger partial charge in [-0.3, -0.25) is 9.80 Å². The molecule has 0 bridgehead atoms. The maximum atomic E-state index is 13.0. The second kappa shape index (κ2) is 13.8. The van der Waals surface area contributed by atoms with Gasteiger partial charge < -0.3 is 9.88 Å². The van der Waals surface area contributed by atoms with Crippen LogP contribution in [-0.2, 0) is 29.3 Å². The Morgan fingerprint density at radius 1 is 1.10 bits per heavy atom. The summed E-state index contributed by atoms with van der Waals surface area (Å²) in [6.07, 6.45) is -0.736. The lowest BCUT2D eigenvalue weighted by atomic mass is 9.90. The lowest BCUT2D eigenvalue weighted by molar-refractivity contribution is -0.126. The molecule has 2 aliphatic heterocycles. The molecular formula is C35H44F3N7O2S2. The molecule has 9 nitrogen and oxygen atoms in total. The van der Waals surface area contributed by atoms with Crippen LogP contribution in [0.25, 0.3) is 21.1 Å². The van der Waals surface area contributed by atoms with E-state index in [0.717, 1.165) is 60.3 Å². The molecule has 2 saturated heterocycles. The van der Waals surface area contributed by atoms with Gasteiger partial charge in [0.25, 0.3) is 0 Å². The van der Waals surface area contributed by atoms with Crippen LogP contribution in [0, 0.1) is 30.1 Å². The second-order valence-corrected chi connectivity index (χ2v) is 17.5. The maximum Gasteiger partial charge on any atom is 0.393 e. The standard InChI is InChI=1S/C35H44F3N7O2S2/c1-21-16-44(17-22(2)32(21)49(5,46)47)23(3)18-45-27(15-39)12-29-24(4)25(6-7-31(29)45)19-43-10-8-26(9-11-43)42-33-30-13-28(14-35(36,37)38)48-34(30)41-20-40-33/h6-7,12-13,20-23,26,32H,8-11,14,16-19H2,1-5H3,(H,40,41,42)/t21-,22-,23+/m1/s1. The molecule has 4 aromatic rings. The summed E-state index contributed by atoms with van der Waals surface area (Å²) in [5, 5.41) is 14.9. The first-order valence-electron chi connectivity index (χ1n) is 16.8. The first-order chi connectivity index (χ1) is 23.1. The zero-order valence-corrected chi connectivity index (χ0v) is 30.2. The smallest absolute Gasteiger partial charge is 0.367 e. The molecule has 264 valence electrons. The Morgan fingerprint density at radius 3 is 2.43 bits per heavy atom. The van der Waals surface area contributed by atoms with Crippen molar-refractivity contribution in [3.05, 3.63) is 52.3 Å². The topological polar surface area (TPSA) is 107 Å². The molecule has 2 fully saturated rings. The quantitative estimate of drug-likeness (QED) is 0.212. The number of nitrogens with zero attached hydrogens (tertiary/aromatic N) is 6. The lowest BCUT2D eigenvalue weighted by Crippen LogP contribution is -2.53. The lowest BCUT2D eigenvalue weighted by Gasteiger charge is -2.43.